The van der Waals surface area contributed by atoms with Crippen molar-refractivity contribution in [3.63, 3.8) is 0 Å². The lowest BCUT2D eigenvalue weighted by atomic mass is 10.1. The molecule has 0 unspecified atom stereocenters. The molecule has 0 spiro atoms. The minimum Gasteiger partial charge on any atom is -0.497 e. The molecule has 0 amide bonds. The van der Waals surface area contributed by atoms with Crippen molar-refractivity contribution >= 4 is 17.3 Å². The fraction of sp³-hybridized carbons (Fsp3) is 0.111. The van der Waals surface area contributed by atoms with Crippen LogP contribution in [0.5, 0.6) is 5.75 Å². The van der Waals surface area contributed by atoms with Crippen LogP contribution in [0.2, 0.25) is 0 Å². The number of benzene rings is 2. The van der Waals surface area contributed by atoms with Crippen molar-refractivity contribution in [2.45, 2.75) is 6.92 Å². The van der Waals surface area contributed by atoms with Gasteiger partial charge in [-0.05, 0) is 31.2 Å². The Morgan fingerprint density at radius 3 is 2.25 bits per heavy atom. The normalized spacial score (nSPS) is 10.6. The summed E-state index contributed by atoms with van der Waals surface area (Å²) >= 11 is 0. The van der Waals surface area contributed by atoms with Crippen LogP contribution >= 0.6 is 0 Å². The summed E-state index contributed by atoms with van der Waals surface area (Å²) in [5.74, 6) is 0.690. The van der Waals surface area contributed by atoms with Crippen LogP contribution in [0.3, 0.4) is 0 Å². The van der Waals surface area contributed by atoms with E-state index in [0.29, 0.717) is 17.0 Å². The summed E-state index contributed by atoms with van der Waals surface area (Å²) in [5, 5.41) is 4.31. The van der Waals surface area contributed by atoms with Crippen LogP contribution < -0.4 is 16.2 Å². The molecule has 122 valence electrons. The maximum absolute atomic E-state index is 12.6. The number of ketones is 1. The SMILES string of the molecule is COc1ccc(-n2nc(C(=O)c3ccc(C)cc3)c(N)c2N)cc1. The Labute approximate surface area is 139 Å². The lowest BCUT2D eigenvalue weighted by molar-refractivity contribution is 0.103. The number of carbonyl (C=O) groups is 1. The Morgan fingerprint density at radius 1 is 1.04 bits per heavy atom. The minimum atomic E-state index is -0.258. The van der Waals surface area contributed by atoms with E-state index in [9.17, 15) is 4.79 Å². The maximum Gasteiger partial charge on any atom is 0.215 e. The van der Waals surface area contributed by atoms with Crippen molar-refractivity contribution in [1.29, 1.82) is 0 Å². The lowest BCUT2D eigenvalue weighted by Crippen LogP contribution is -2.06. The predicted molar refractivity (Wildman–Crippen MR) is 93.6 cm³/mol. The zero-order valence-electron chi connectivity index (χ0n) is 13.5. The maximum atomic E-state index is 12.6. The van der Waals surface area contributed by atoms with E-state index < -0.39 is 0 Å². The van der Waals surface area contributed by atoms with Crippen molar-refractivity contribution in [2.24, 2.45) is 0 Å². The van der Waals surface area contributed by atoms with E-state index in [-0.39, 0.29) is 23.0 Å². The fourth-order valence-electron chi connectivity index (χ4n) is 2.37. The van der Waals surface area contributed by atoms with E-state index in [2.05, 4.69) is 5.10 Å². The van der Waals surface area contributed by atoms with Crippen LogP contribution in [0.25, 0.3) is 5.69 Å². The van der Waals surface area contributed by atoms with E-state index in [1.165, 1.54) is 4.68 Å². The van der Waals surface area contributed by atoms with Crippen LogP contribution in [0.1, 0.15) is 21.6 Å². The molecule has 6 heteroatoms. The number of anilines is 2. The molecule has 0 fully saturated rings. The molecule has 3 aromatic rings. The number of nitrogen functional groups attached to an aromatic ring is 2. The lowest BCUT2D eigenvalue weighted by Gasteiger charge is -2.05. The first-order chi connectivity index (χ1) is 11.5. The number of carbonyl (C=O) groups excluding carboxylic acids is 1. The van der Waals surface area contributed by atoms with E-state index >= 15 is 0 Å². The summed E-state index contributed by atoms with van der Waals surface area (Å²) in [6.07, 6.45) is 0. The molecule has 3 rings (SSSR count). The summed E-state index contributed by atoms with van der Waals surface area (Å²) in [6, 6.07) is 14.4. The molecule has 1 heterocycles. The van der Waals surface area contributed by atoms with Crippen LogP contribution in [0, 0.1) is 6.92 Å². The number of ether oxygens (including phenoxy) is 1. The molecule has 4 N–H and O–H groups in total. The molecule has 0 aliphatic carbocycles. The quantitative estimate of drug-likeness (QED) is 0.720. The van der Waals surface area contributed by atoms with Gasteiger partial charge >= 0.3 is 0 Å². The standard InChI is InChI=1S/C18H18N4O2/c1-11-3-5-12(6-4-11)17(23)16-15(19)18(20)22(21-16)13-7-9-14(24-2)10-8-13/h3-10H,19-20H2,1-2H3. The molecular weight excluding hydrogens is 304 g/mol. The monoisotopic (exact) mass is 322 g/mol. The third-order valence-corrected chi connectivity index (χ3v) is 3.81. The molecule has 0 saturated heterocycles. The van der Waals surface area contributed by atoms with Gasteiger partial charge in [0.15, 0.2) is 11.5 Å². The zero-order valence-corrected chi connectivity index (χ0v) is 13.5. The Balaban J connectivity index is 2.01. The highest BCUT2D eigenvalue weighted by Gasteiger charge is 2.21. The third-order valence-electron chi connectivity index (χ3n) is 3.81. The number of nitrogens with zero attached hydrogens (tertiary/aromatic N) is 2. The topological polar surface area (TPSA) is 96.2 Å². The van der Waals surface area contributed by atoms with Crippen LogP contribution in [-0.2, 0) is 0 Å². The summed E-state index contributed by atoms with van der Waals surface area (Å²) < 4.78 is 6.58. The van der Waals surface area contributed by atoms with Crippen LogP contribution in [-0.4, -0.2) is 22.7 Å². The molecule has 6 nitrogen and oxygen atoms in total. The minimum absolute atomic E-state index is 0.146. The van der Waals surface area contributed by atoms with Crippen molar-refractivity contribution in [3.05, 3.63) is 65.4 Å². The van der Waals surface area contributed by atoms with Gasteiger partial charge < -0.3 is 16.2 Å². The molecule has 0 atom stereocenters. The summed E-state index contributed by atoms with van der Waals surface area (Å²) in [6.45, 7) is 1.96. The van der Waals surface area contributed by atoms with Gasteiger partial charge in [-0.3, -0.25) is 4.79 Å². The van der Waals surface area contributed by atoms with Gasteiger partial charge in [0.2, 0.25) is 5.78 Å². The van der Waals surface area contributed by atoms with E-state index in [0.717, 1.165) is 5.56 Å². The van der Waals surface area contributed by atoms with E-state index in [4.69, 9.17) is 16.2 Å². The molecular formula is C18H18N4O2. The highest BCUT2D eigenvalue weighted by Crippen LogP contribution is 2.26. The van der Waals surface area contributed by atoms with Crippen molar-refractivity contribution < 1.29 is 9.53 Å². The molecule has 0 saturated carbocycles. The van der Waals surface area contributed by atoms with Gasteiger partial charge in [-0.2, -0.15) is 5.10 Å². The first kappa shape index (κ1) is 15.6. The molecule has 2 aromatic carbocycles. The molecule has 0 aliphatic heterocycles. The highest BCUT2D eigenvalue weighted by atomic mass is 16.5. The van der Waals surface area contributed by atoms with Gasteiger partial charge in [-0.25, -0.2) is 4.68 Å². The number of aryl methyl sites for hydroxylation is 1. The second-order valence-electron chi connectivity index (χ2n) is 5.45. The van der Waals surface area contributed by atoms with Gasteiger partial charge in [0.25, 0.3) is 0 Å². The Kier molecular flexibility index (Phi) is 3.95. The second kappa shape index (κ2) is 6.08. The van der Waals surface area contributed by atoms with E-state index in [1.807, 2.05) is 19.1 Å². The van der Waals surface area contributed by atoms with Gasteiger partial charge in [-0.15, -0.1) is 0 Å². The first-order valence-corrected chi connectivity index (χ1v) is 7.41. The number of methoxy groups -OCH3 is 1. The van der Waals surface area contributed by atoms with Crippen LogP contribution in [0.4, 0.5) is 11.5 Å². The Morgan fingerprint density at radius 2 is 1.67 bits per heavy atom. The van der Waals surface area contributed by atoms with Gasteiger partial charge in [0.1, 0.15) is 11.4 Å². The van der Waals surface area contributed by atoms with E-state index in [1.54, 1.807) is 43.5 Å². The van der Waals surface area contributed by atoms with Gasteiger partial charge in [0.05, 0.1) is 12.8 Å². The molecule has 0 radical (unpaired) electrons. The third kappa shape index (κ3) is 2.69. The average Bonchev–Trinajstić information content (AvgIpc) is 2.90. The highest BCUT2D eigenvalue weighted by molar-refractivity contribution is 6.11. The smallest absolute Gasteiger partial charge is 0.215 e. The van der Waals surface area contributed by atoms with Crippen LogP contribution in [0.15, 0.2) is 48.5 Å². The molecule has 0 aliphatic rings. The second-order valence-corrected chi connectivity index (χ2v) is 5.45. The summed E-state index contributed by atoms with van der Waals surface area (Å²) in [5.41, 5.74) is 14.7. The fourth-order valence-corrected chi connectivity index (χ4v) is 2.37. The number of hydrogen-bond acceptors (Lipinski definition) is 5. The van der Waals surface area contributed by atoms with Gasteiger partial charge in [-0.1, -0.05) is 29.8 Å². The zero-order chi connectivity index (χ0) is 17.3. The summed E-state index contributed by atoms with van der Waals surface area (Å²) in [7, 11) is 1.59. The Bertz CT molecular complexity index is 881. The van der Waals surface area contributed by atoms with Gasteiger partial charge in [0, 0.05) is 5.56 Å². The molecule has 0 bridgehead atoms. The first-order valence-electron chi connectivity index (χ1n) is 7.41. The average molecular weight is 322 g/mol. The Hall–Kier alpha value is -3.28. The van der Waals surface area contributed by atoms with Crippen molar-refractivity contribution in [1.82, 2.24) is 9.78 Å². The summed E-state index contributed by atoms with van der Waals surface area (Å²) in [4.78, 5) is 12.6. The number of hydrogen-bond donors (Lipinski definition) is 2. The van der Waals surface area contributed by atoms with Crippen molar-refractivity contribution in [3.8, 4) is 11.4 Å². The predicted octanol–water partition coefficient (Wildman–Crippen LogP) is 2.58. The number of nitrogens with two attached hydrogens (primary N) is 2. The molecule has 1 aromatic heterocycles. The molecule has 24 heavy (non-hydrogen) atoms. The van der Waals surface area contributed by atoms with Crippen molar-refractivity contribution in [2.75, 3.05) is 18.6 Å². The largest absolute Gasteiger partial charge is 0.497 e. The number of rotatable bonds is 4. The number of aromatic nitrogens is 2.